The molecule has 3 rings (SSSR count). The molecule has 27 heavy (non-hydrogen) atoms. The highest BCUT2D eigenvalue weighted by Gasteiger charge is 2.15. The molecule has 8 heteroatoms. The van der Waals surface area contributed by atoms with Crippen LogP contribution in [0.2, 0.25) is 0 Å². The first-order chi connectivity index (χ1) is 13.1. The normalized spacial score (nSPS) is 14.7. The lowest BCUT2D eigenvalue weighted by Crippen LogP contribution is -2.37. The molecule has 0 atom stereocenters. The Morgan fingerprint density at radius 3 is 2.63 bits per heavy atom. The lowest BCUT2D eigenvalue weighted by molar-refractivity contribution is -0.119. The van der Waals surface area contributed by atoms with Crippen LogP contribution in [0.1, 0.15) is 43.5 Å². The van der Waals surface area contributed by atoms with Gasteiger partial charge in [-0.1, -0.05) is 37.0 Å². The molecule has 1 aromatic carbocycles. The van der Waals surface area contributed by atoms with Gasteiger partial charge in [-0.2, -0.15) is 15.0 Å². The Kier molecular flexibility index (Phi) is 6.86. The number of aryl methyl sites for hydroxylation is 1. The number of carbonyl (C=O) groups excluding carboxylic acids is 1. The molecule has 7 nitrogen and oxygen atoms in total. The van der Waals surface area contributed by atoms with Crippen LogP contribution in [-0.4, -0.2) is 32.7 Å². The number of nitrogens with two attached hydrogens (primary N) is 1. The minimum atomic E-state index is 0.0759. The second-order valence-electron chi connectivity index (χ2n) is 6.82. The number of nitrogens with zero attached hydrogens (tertiary/aromatic N) is 3. The quantitative estimate of drug-likeness (QED) is 0.671. The fraction of sp³-hybridized carbons (Fsp3) is 0.474. The summed E-state index contributed by atoms with van der Waals surface area (Å²) in [7, 11) is 0. The molecule has 144 valence electrons. The number of rotatable bonds is 7. The van der Waals surface area contributed by atoms with E-state index in [0.29, 0.717) is 29.3 Å². The summed E-state index contributed by atoms with van der Waals surface area (Å²) >= 11 is 1.48. The molecule has 0 saturated heterocycles. The van der Waals surface area contributed by atoms with E-state index in [2.05, 4.69) is 25.6 Å². The molecule has 1 aliphatic rings. The van der Waals surface area contributed by atoms with Crippen molar-refractivity contribution < 1.29 is 4.79 Å². The summed E-state index contributed by atoms with van der Waals surface area (Å²) in [4.78, 5) is 24.8. The summed E-state index contributed by atoms with van der Waals surface area (Å²) in [6.45, 7) is 2.03. The summed E-state index contributed by atoms with van der Waals surface area (Å²) in [5.41, 5.74) is 7.87. The molecule has 2 aromatic rings. The second-order valence-corrected chi connectivity index (χ2v) is 7.81. The van der Waals surface area contributed by atoms with Crippen LogP contribution >= 0.6 is 11.8 Å². The molecule has 1 aliphatic carbocycles. The van der Waals surface area contributed by atoms with Crippen molar-refractivity contribution in [1.82, 2.24) is 20.3 Å². The van der Waals surface area contributed by atoms with Gasteiger partial charge >= 0.3 is 0 Å². The topological polar surface area (TPSA) is 106 Å². The SMILES string of the molecule is Cc1ccc(Nc2nc(N)nc(CSCC(=O)NC3CCCCC3)n2)cc1. The number of hydrogen-bond donors (Lipinski definition) is 3. The van der Waals surface area contributed by atoms with Crippen LogP contribution < -0.4 is 16.4 Å². The van der Waals surface area contributed by atoms with Gasteiger partial charge in [0.15, 0.2) is 0 Å². The van der Waals surface area contributed by atoms with Gasteiger partial charge in [0.25, 0.3) is 0 Å². The fourth-order valence-corrected chi connectivity index (χ4v) is 3.76. The third-order valence-corrected chi connectivity index (χ3v) is 5.37. The van der Waals surface area contributed by atoms with Gasteiger partial charge in [-0.05, 0) is 31.9 Å². The van der Waals surface area contributed by atoms with E-state index in [4.69, 9.17) is 5.73 Å². The van der Waals surface area contributed by atoms with Crippen molar-refractivity contribution in [3.05, 3.63) is 35.7 Å². The van der Waals surface area contributed by atoms with Crippen molar-refractivity contribution in [2.75, 3.05) is 16.8 Å². The molecular formula is C19H26N6OS. The van der Waals surface area contributed by atoms with Gasteiger partial charge < -0.3 is 16.4 Å². The largest absolute Gasteiger partial charge is 0.368 e. The molecule has 1 aromatic heterocycles. The van der Waals surface area contributed by atoms with E-state index >= 15 is 0 Å². The van der Waals surface area contributed by atoms with Crippen LogP contribution in [0.15, 0.2) is 24.3 Å². The first-order valence-corrected chi connectivity index (χ1v) is 10.5. The molecule has 1 heterocycles. The van der Waals surface area contributed by atoms with E-state index in [1.165, 1.54) is 36.6 Å². The zero-order valence-electron chi connectivity index (χ0n) is 15.6. The Hall–Kier alpha value is -2.35. The van der Waals surface area contributed by atoms with Gasteiger partial charge in [0, 0.05) is 11.7 Å². The van der Waals surface area contributed by atoms with Crippen LogP contribution in [0.5, 0.6) is 0 Å². The predicted octanol–water partition coefficient (Wildman–Crippen LogP) is 3.19. The van der Waals surface area contributed by atoms with Crippen LogP contribution in [0.4, 0.5) is 17.6 Å². The van der Waals surface area contributed by atoms with Gasteiger partial charge in [-0.3, -0.25) is 4.79 Å². The van der Waals surface area contributed by atoms with E-state index in [-0.39, 0.29) is 11.9 Å². The summed E-state index contributed by atoms with van der Waals surface area (Å²) in [5.74, 6) is 2.12. The Morgan fingerprint density at radius 2 is 1.89 bits per heavy atom. The molecular weight excluding hydrogens is 360 g/mol. The number of benzene rings is 1. The Balaban J connectivity index is 1.50. The minimum Gasteiger partial charge on any atom is -0.368 e. The molecule has 1 amide bonds. The zero-order chi connectivity index (χ0) is 19.1. The Labute approximate surface area is 164 Å². The van der Waals surface area contributed by atoms with Gasteiger partial charge in [0.1, 0.15) is 5.82 Å². The van der Waals surface area contributed by atoms with Gasteiger partial charge in [-0.15, -0.1) is 11.8 Å². The zero-order valence-corrected chi connectivity index (χ0v) is 16.4. The van der Waals surface area contributed by atoms with Crippen molar-refractivity contribution >= 4 is 35.3 Å². The monoisotopic (exact) mass is 386 g/mol. The maximum Gasteiger partial charge on any atom is 0.232 e. The summed E-state index contributed by atoms with van der Waals surface area (Å²) in [6.07, 6.45) is 5.88. The summed E-state index contributed by atoms with van der Waals surface area (Å²) < 4.78 is 0. The first kappa shape index (κ1) is 19.4. The van der Waals surface area contributed by atoms with Crippen molar-refractivity contribution in [2.24, 2.45) is 0 Å². The van der Waals surface area contributed by atoms with E-state index in [1.807, 2.05) is 31.2 Å². The standard InChI is InChI=1S/C19H26N6OS/c1-13-7-9-15(10-8-13)22-19-24-16(23-18(20)25-19)11-27-12-17(26)21-14-5-3-2-4-6-14/h7-10,14H,2-6,11-12H2,1H3,(H,21,26)(H3,20,22,23,24,25). The van der Waals surface area contributed by atoms with Crippen molar-refractivity contribution in [3.8, 4) is 0 Å². The Morgan fingerprint density at radius 1 is 1.15 bits per heavy atom. The van der Waals surface area contributed by atoms with E-state index in [1.54, 1.807) is 0 Å². The summed E-state index contributed by atoms with van der Waals surface area (Å²) in [6, 6.07) is 8.27. The molecule has 0 unspecified atom stereocenters. The van der Waals surface area contributed by atoms with Gasteiger partial charge in [0.05, 0.1) is 11.5 Å². The third kappa shape index (κ3) is 6.39. The lowest BCUT2D eigenvalue weighted by atomic mass is 9.95. The fourth-order valence-electron chi connectivity index (χ4n) is 3.08. The number of aromatic nitrogens is 3. The van der Waals surface area contributed by atoms with E-state index in [0.717, 1.165) is 18.5 Å². The van der Waals surface area contributed by atoms with E-state index in [9.17, 15) is 4.79 Å². The van der Waals surface area contributed by atoms with Crippen LogP contribution in [-0.2, 0) is 10.5 Å². The average Bonchev–Trinajstić information content (AvgIpc) is 2.64. The molecule has 0 spiro atoms. The maximum atomic E-state index is 12.1. The number of thioether (sulfide) groups is 1. The van der Waals surface area contributed by atoms with Gasteiger partial charge in [-0.25, -0.2) is 0 Å². The van der Waals surface area contributed by atoms with E-state index < -0.39 is 0 Å². The van der Waals surface area contributed by atoms with Crippen molar-refractivity contribution in [3.63, 3.8) is 0 Å². The number of anilines is 3. The lowest BCUT2D eigenvalue weighted by Gasteiger charge is -2.22. The van der Waals surface area contributed by atoms with Crippen LogP contribution in [0.3, 0.4) is 0 Å². The molecule has 0 aliphatic heterocycles. The number of carbonyl (C=O) groups is 1. The van der Waals surface area contributed by atoms with Gasteiger partial charge in [0.2, 0.25) is 17.8 Å². The number of hydrogen-bond acceptors (Lipinski definition) is 7. The highest BCUT2D eigenvalue weighted by atomic mass is 32.2. The van der Waals surface area contributed by atoms with Crippen molar-refractivity contribution in [1.29, 1.82) is 0 Å². The van der Waals surface area contributed by atoms with Crippen LogP contribution in [0.25, 0.3) is 0 Å². The minimum absolute atomic E-state index is 0.0759. The predicted molar refractivity (Wildman–Crippen MR) is 110 cm³/mol. The molecule has 1 saturated carbocycles. The van der Waals surface area contributed by atoms with Crippen LogP contribution in [0, 0.1) is 6.92 Å². The maximum absolute atomic E-state index is 12.1. The highest BCUT2D eigenvalue weighted by molar-refractivity contribution is 7.99. The first-order valence-electron chi connectivity index (χ1n) is 9.30. The number of nitrogen functional groups attached to an aromatic ring is 1. The molecule has 1 fully saturated rings. The third-order valence-electron chi connectivity index (χ3n) is 4.44. The smallest absolute Gasteiger partial charge is 0.232 e. The number of amides is 1. The Bertz CT molecular complexity index is 761. The molecule has 0 bridgehead atoms. The number of nitrogens with one attached hydrogen (secondary N) is 2. The average molecular weight is 387 g/mol. The highest BCUT2D eigenvalue weighted by Crippen LogP contribution is 2.18. The summed E-state index contributed by atoms with van der Waals surface area (Å²) in [5, 5.41) is 6.25. The second kappa shape index (κ2) is 9.55. The molecule has 0 radical (unpaired) electrons. The molecule has 4 N–H and O–H groups in total. The van der Waals surface area contributed by atoms with Crippen molar-refractivity contribution in [2.45, 2.75) is 50.8 Å².